The molecule has 1 aromatic rings. The molecule has 0 aliphatic rings. The van der Waals surface area contributed by atoms with Crippen LogP contribution < -0.4 is 11.3 Å². The monoisotopic (exact) mass is 261 g/mol. The van der Waals surface area contributed by atoms with Gasteiger partial charge in [-0.1, -0.05) is 15.9 Å². The molecule has 1 rings (SSSR count). The summed E-state index contributed by atoms with van der Waals surface area (Å²) in [7, 11) is 3.65. The predicted octanol–water partition coefficient (Wildman–Crippen LogP) is 1.61. The van der Waals surface area contributed by atoms with E-state index in [9.17, 15) is 4.39 Å². The molecule has 0 fully saturated rings. The van der Waals surface area contributed by atoms with Gasteiger partial charge in [0.15, 0.2) is 0 Å². The maximum atomic E-state index is 13.4. The average Bonchev–Trinajstić information content (AvgIpc) is 2.11. The molecule has 0 saturated heterocycles. The Hall–Kier alpha value is -0.490. The summed E-state index contributed by atoms with van der Waals surface area (Å²) in [6, 6.07) is 4.77. The van der Waals surface area contributed by atoms with Crippen molar-refractivity contribution in [2.24, 2.45) is 5.84 Å². The number of hydrogen-bond donors (Lipinski definition) is 2. The Morgan fingerprint density at radius 1 is 1.50 bits per heavy atom. The van der Waals surface area contributed by atoms with Gasteiger partial charge in [0.25, 0.3) is 0 Å². The quantitative estimate of drug-likeness (QED) is 0.494. The Kier molecular flexibility index (Phi) is 4.00. The second-order valence-corrected chi connectivity index (χ2v) is 4.11. The maximum absolute atomic E-state index is 13.4. The van der Waals surface area contributed by atoms with Crippen molar-refractivity contribution in [1.82, 2.24) is 10.3 Å². The Bertz CT molecular complexity index is 317. The van der Waals surface area contributed by atoms with E-state index in [2.05, 4.69) is 21.4 Å². The number of hydrogen-bond acceptors (Lipinski definition) is 3. The Labute approximate surface area is 91.2 Å². The van der Waals surface area contributed by atoms with Crippen LogP contribution in [0.1, 0.15) is 11.7 Å². The molecule has 1 atom stereocenters. The molecule has 0 heterocycles. The summed E-state index contributed by atoms with van der Waals surface area (Å²) in [5.74, 6) is 5.08. The van der Waals surface area contributed by atoms with E-state index < -0.39 is 0 Å². The van der Waals surface area contributed by atoms with E-state index in [0.717, 1.165) is 4.47 Å². The van der Waals surface area contributed by atoms with E-state index in [1.807, 2.05) is 14.1 Å². The van der Waals surface area contributed by atoms with Crippen LogP contribution in [0.2, 0.25) is 0 Å². The zero-order valence-corrected chi connectivity index (χ0v) is 9.68. The third-order valence-corrected chi connectivity index (χ3v) is 2.42. The van der Waals surface area contributed by atoms with Gasteiger partial charge >= 0.3 is 0 Å². The molecule has 0 aliphatic heterocycles. The van der Waals surface area contributed by atoms with E-state index >= 15 is 0 Å². The maximum Gasteiger partial charge on any atom is 0.129 e. The Morgan fingerprint density at radius 3 is 2.64 bits per heavy atom. The van der Waals surface area contributed by atoms with Gasteiger partial charge in [-0.05, 0) is 32.3 Å². The van der Waals surface area contributed by atoms with Gasteiger partial charge < -0.3 is 0 Å². The predicted molar refractivity (Wildman–Crippen MR) is 57.9 cm³/mol. The van der Waals surface area contributed by atoms with Gasteiger partial charge in [0.2, 0.25) is 0 Å². The minimum atomic E-state index is -0.326. The highest BCUT2D eigenvalue weighted by molar-refractivity contribution is 9.10. The van der Waals surface area contributed by atoms with E-state index in [-0.39, 0.29) is 12.0 Å². The van der Waals surface area contributed by atoms with Gasteiger partial charge in [-0.25, -0.2) is 9.82 Å². The minimum Gasteiger partial charge on any atom is -0.289 e. The van der Waals surface area contributed by atoms with Crippen molar-refractivity contribution in [3.63, 3.8) is 0 Å². The molecule has 78 valence electrons. The molecule has 0 bridgehead atoms. The first-order chi connectivity index (χ1) is 6.56. The number of hydrazine groups is 1. The van der Waals surface area contributed by atoms with Crippen molar-refractivity contribution >= 4 is 15.9 Å². The summed E-state index contributed by atoms with van der Waals surface area (Å²) >= 11 is 3.29. The molecule has 0 aliphatic carbocycles. The highest BCUT2D eigenvalue weighted by Gasteiger charge is 2.16. The highest BCUT2D eigenvalue weighted by Crippen LogP contribution is 2.22. The molecule has 0 saturated carbocycles. The number of nitrogens with zero attached hydrogens (tertiary/aromatic N) is 1. The summed E-state index contributed by atoms with van der Waals surface area (Å²) in [5, 5.41) is 0. The third kappa shape index (κ3) is 2.51. The lowest BCUT2D eigenvalue weighted by molar-refractivity contribution is 0.246. The normalized spacial score (nSPS) is 13.3. The summed E-state index contributed by atoms with van der Waals surface area (Å²) in [6.07, 6.45) is -0.326. The largest absolute Gasteiger partial charge is 0.289 e. The van der Waals surface area contributed by atoms with Crippen molar-refractivity contribution in [1.29, 1.82) is 0 Å². The van der Waals surface area contributed by atoms with E-state index in [1.165, 1.54) is 6.07 Å². The summed E-state index contributed by atoms with van der Waals surface area (Å²) in [5.41, 5.74) is 3.07. The Balaban J connectivity index is 3.08. The fourth-order valence-corrected chi connectivity index (χ4v) is 1.62. The third-order valence-electron chi connectivity index (χ3n) is 1.93. The van der Waals surface area contributed by atoms with E-state index in [1.54, 1.807) is 17.0 Å². The molecule has 3 nitrogen and oxygen atoms in total. The van der Waals surface area contributed by atoms with Crippen molar-refractivity contribution in [3.8, 4) is 0 Å². The van der Waals surface area contributed by atoms with Crippen LogP contribution in [0, 0.1) is 5.82 Å². The van der Waals surface area contributed by atoms with E-state index in [0.29, 0.717) is 5.56 Å². The van der Waals surface area contributed by atoms with Crippen molar-refractivity contribution < 1.29 is 4.39 Å². The fourth-order valence-electron chi connectivity index (χ4n) is 1.24. The molecule has 14 heavy (non-hydrogen) atoms. The summed E-state index contributed by atoms with van der Waals surface area (Å²) in [6.45, 7) is 0. The second kappa shape index (κ2) is 4.84. The molecule has 0 aromatic heterocycles. The number of rotatable bonds is 3. The topological polar surface area (TPSA) is 41.3 Å². The van der Waals surface area contributed by atoms with Gasteiger partial charge in [0.05, 0.1) is 0 Å². The molecule has 0 amide bonds. The SMILES string of the molecule is CN(C)C(NN)c1cc(Br)ccc1F. The van der Waals surface area contributed by atoms with Crippen LogP contribution in [0.4, 0.5) is 4.39 Å². The number of nitrogens with one attached hydrogen (secondary N) is 1. The number of nitrogens with two attached hydrogens (primary N) is 1. The lowest BCUT2D eigenvalue weighted by atomic mass is 10.1. The second-order valence-electron chi connectivity index (χ2n) is 3.20. The molecule has 1 unspecified atom stereocenters. The first-order valence-electron chi connectivity index (χ1n) is 4.13. The molecular formula is C9H13BrFN3. The lowest BCUT2D eigenvalue weighted by Gasteiger charge is -2.24. The zero-order valence-electron chi connectivity index (χ0n) is 8.09. The summed E-state index contributed by atoms with van der Waals surface area (Å²) < 4.78 is 14.3. The first-order valence-corrected chi connectivity index (χ1v) is 4.93. The molecule has 0 spiro atoms. The van der Waals surface area contributed by atoms with Crippen LogP contribution in [-0.2, 0) is 0 Å². The van der Waals surface area contributed by atoms with Crippen LogP contribution in [0.15, 0.2) is 22.7 Å². The van der Waals surface area contributed by atoms with Crippen LogP contribution in [-0.4, -0.2) is 19.0 Å². The summed E-state index contributed by atoms with van der Waals surface area (Å²) in [4.78, 5) is 1.80. The van der Waals surface area contributed by atoms with Gasteiger partial charge in [-0.15, -0.1) is 0 Å². The van der Waals surface area contributed by atoms with Crippen molar-refractivity contribution in [2.75, 3.05) is 14.1 Å². The first kappa shape index (κ1) is 11.6. The number of halogens is 2. The Morgan fingerprint density at radius 2 is 2.14 bits per heavy atom. The smallest absolute Gasteiger partial charge is 0.129 e. The van der Waals surface area contributed by atoms with Crippen LogP contribution >= 0.6 is 15.9 Å². The lowest BCUT2D eigenvalue weighted by Crippen LogP contribution is -2.38. The van der Waals surface area contributed by atoms with Gasteiger partial charge in [0, 0.05) is 10.0 Å². The molecule has 3 N–H and O–H groups in total. The van der Waals surface area contributed by atoms with Gasteiger partial charge in [-0.3, -0.25) is 10.7 Å². The van der Waals surface area contributed by atoms with Crippen LogP contribution in [0.5, 0.6) is 0 Å². The minimum absolute atomic E-state index is 0.273. The number of benzene rings is 1. The average molecular weight is 262 g/mol. The van der Waals surface area contributed by atoms with Crippen molar-refractivity contribution in [2.45, 2.75) is 6.17 Å². The molecule has 1 aromatic carbocycles. The van der Waals surface area contributed by atoms with Gasteiger partial charge in [-0.2, -0.15) is 0 Å². The van der Waals surface area contributed by atoms with E-state index in [4.69, 9.17) is 5.84 Å². The fraction of sp³-hybridized carbons (Fsp3) is 0.333. The molecular weight excluding hydrogens is 249 g/mol. The zero-order chi connectivity index (χ0) is 10.7. The highest BCUT2D eigenvalue weighted by atomic mass is 79.9. The van der Waals surface area contributed by atoms with Gasteiger partial charge in [0.1, 0.15) is 12.0 Å². The van der Waals surface area contributed by atoms with Crippen molar-refractivity contribution in [3.05, 3.63) is 34.1 Å². The molecule has 0 radical (unpaired) electrons. The van der Waals surface area contributed by atoms with Crippen LogP contribution in [0.3, 0.4) is 0 Å². The van der Waals surface area contributed by atoms with Crippen LogP contribution in [0.25, 0.3) is 0 Å². The standard InChI is InChI=1S/C9H13BrFN3/c1-14(2)9(13-12)7-5-6(10)3-4-8(7)11/h3-5,9,13H,12H2,1-2H3. The molecule has 5 heteroatoms.